The number of benzene rings is 1. The van der Waals surface area contributed by atoms with Crippen LogP contribution in [-0.4, -0.2) is 27.5 Å². The highest BCUT2D eigenvalue weighted by molar-refractivity contribution is 6.30. The van der Waals surface area contributed by atoms with Gasteiger partial charge in [-0.1, -0.05) is 11.6 Å². The minimum Gasteiger partial charge on any atom is -0.494 e. The van der Waals surface area contributed by atoms with Crippen LogP contribution in [0.2, 0.25) is 5.02 Å². The second-order valence-corrected chi connectivity index (χ2v) is 4.23. The summed E-state index contributed by atoms with van der Waals surface area (Å²) >= 11 is 5.73. The predicted octanol–water partition coefficient (Wildman–Crippen LogP) is 1.98. The van der Waals surface area contributed by atoms with E-state index < -0.39 is 11.5 Å². The first-order chi connectivity index (χ1) is 9.52. The van der Waals surface area contributed by atoms with Crippen LogP contribution in [0.15, 0.2) is 35.1 Å². The molecule has 0 aliphatic carbocycles. The highest BCUT2D eigenvalue weighted by Gasteiger charge is 2.13. The molecule has 0 saturated carbocycles. The first-order valence-electron chi connectivity index (χ1n) is 5.79. The Morgan fingerprint density at radius 3 is 2.60 bits per heavy atom. The number of carboxylic acids is 1. The van der Waals surface area contributed by atoms with E-state index in [2.05, 4.69) is 5.10 Å². The van der Waals surface area contributed by atoms with Crippen LogP contribution in [0.4, 0.5) is 0 Å². The lowest BCUT2D eigenvalue weighted by Crippen LogP contribution is -2.24. The quantitative estimate of drug-likeness (QED) is 0.932. The van der Waals surface area contributed by atoms with Crippen LogP contribution in [0.3, 0.4) is 0 Å². The molecule has 0 spiro atoms. The van der Waals surface area contributed by atoms with E-state index in [1.165, 1.54) is 0 Å². The standard InChI is InChI=1S/C13H11ClN2O4/c1-2-20-9-5-3-8(4-6-9)16-12(17)10(14)7-11(15-16)13(18)19/h3-7H,2H2,1H3,(H,18,19). The summed E-state index contributed by atoms with van der Waals surface area (Å²) in [5.41, 5.74) is -0.479. The smallest absolute Gasteiger partial charge is 0.356 e. The number of hydrogen-bond acceptors (Lipinski definition) is 4. The number of carbonyl (C=O) groups is 1. The molecule has 1 aromatic heterocycles. The highest BCUT2D eigenvalue weighted by atomic mass is 35.5. The number of rotatable bonds is 4. The van der Waals surface area contributed by atoms with E-state index >= 15 is 0 Å². The van der Waals surface area contributed by atoms with Crippen molar-refractivity contribution >= 4 is 17.6 Å². The molecular formula is C13H11ClN2O4. The van der Waals surface area contributed by atoms with Crippen LogP contribution in [0.25, 0.3) is 5.69 Å². The Morgan fingerprint density at radius 2 is 2.05 bits per heavy atom. The normalized spacial score (nSPS) is 10.3. The number of carboxylic acid groups (broad SMARTS) is 1. The number of halogens is 1. The van der Waals surface area contributed by atoms with Crippen LogP contribution < -0.4 is 10.3 Å². The molecule has 0 unspecified atom stereocenters. The first-order valence-corrected chi connectivity index (χ1v) is 6.17. The summed E-state index contributed by atoms with van der Waals surface area (Å²) in [6.45, 7) is 2.38. The van der Waals surface area contributed by atoms with Gasteiger partial charge in [0.05, 0.1) is 12.3 Å². The molecule has 1 aromatic carbocycles. The molecule has 0 saturated heterocycles. The number of aromatic carboxylic acids is 1. The summed E-state index contributed by atoms with van der Waals surface area (Å²) in [5.74, 6) is -0.614. The van der Waals surface area contributed by atoms with Gasteiger partial charge in [0.15, 0.2) is 5.69 Å². The summed E-state index contributed by atoms with van der Waals surface area (Å²) in [6.07, 6.45) is 0. The Hall–Kier alpha value is -2.34. The second kappa shape index (κ2) is 5.75. The monoisotopic (exact) mass is 294 g/mol. The van der Waals surface area contributed by atoms with Gasteiger partial charge < -0.3 is 9.84 Å². The van der Waals surface area contributed by atoms with Crippen molar-refractivity contribution in [3.8, 4) is 11.4 Å². The minimum atomic E-state index is -1.26. The summed E-state index contributed by atoms with van der Waals surface area (Å²) in [6, 6.07) is 7.54. The molecule has 1 heterocycles. The number of ether oxygens (including phenoxy) is 1. The Labute approximate surface area is 119 Å². The van der Waals surface area contributed by atoms with Gasteiger partial charge in [0.25, 0.3) is 5.56 Å². The van der Waals surface area contributed by atoms with E-state index in [4.69, 9.17) is 21.4 Å². The molecule has 0 bridgehead atoms. The van der Waals surface area contributed by atoms with E-state index in [1.54, 1.807) is 24.3 Å². The van der Waals surface area contributed by atoms with Crippen LogP contribution in [0.1, 0.15) is 17.4 Å². The molecule has 1 N–H and O–H groups in total. The lowest BCUT2D eigenvalue weighted by atomic mass is 10.3. The molecule has 2 rings (SSSR count). The summed E-state index contributed by atoms with van der Waals surface area (Å²) in [7, 11) is 0. The average Bonchev–Trinajstić information content (AvgIpc) is 2.43. The highest BCUT2D eigenvalue weighted by Crippen LogP contribution is 2.14. The van der Waals surface area contributed by atoms with E-state index in [0.29, 0.717) is 18.0 Å². The Morgan fingerprint density at radius 1 is 1.40 bits per heavy atom. The van der Waals surface area contributed by atoms with Gasteiger partial charge in [-0.05, 0) is 37.3 Å². The van der Waals surface area contributed by atoms with E-state index in [1.807, 2.05) is 6.92 Å². The molecule has 0 amide bonds. The van der Waals surface area contributed by atoms with Crippen molar-refractivity contribution in [1.29, 1.82) is 0 Å². The van der Waals surface area contributed by atoms with E-state index in [9.17, 15) is 9.59 Å². The average molecular weight is 295 g/mol. The van der Waals surface area contributed by atoms with Gasteiger partial charge in [-0.25, -0.2) is 4.79 Å². The molecule has 7 heteroatoms. The number of nitrogens with zero attached hydrogens (tertiary/aromatic N) is 2. The van der Waals surface area contributed by atoms with Crippen LogP contribution in [-0.2, 0) is 0 Å². The maximum atomic E-state index is 11.9. The molecule has 0 aliphatic heterocycles. The molecule has 104 valence electrons. The second-order valence-electron chi connectivity index (χ2n) is 3.83. The lowest BCUT2D eigenvalue weighted by Gasteiger charge is -2.07. The summed E-state index contributed by atoms with van der Waals surface area (Å²) < 4.78 is 6.23. The molecule has 6 nitrogen and oxygen atoms in total. The summed E-state index contributed by atoms with van der Waals surface area (Å²) in [5, 5.41) is 12.5. The fourth-order valence-corrected chi connectivity index (χ4v) is 1.78. The van der Waals surface area contributed by atoms with Gasteiger partial charge in [-0.15, -0.1) is 0 Å². The molecular weight excluding hydrogens is 284 g/mol. The van der Waals surface area contributed by atoms with Gasteiger partial charge in [-0.2, -0.15) is 9.78 Å². The van der Waals surface area contributed by atoms with Gasteiger partial charge in [0, 0.05) is 0 Å². The number of hydrogen-bond donors (Lipinski definition) is 1. The molecule has 0 radical (unpaired) electrons. The van der Waals surface area contributed by atoms with Crippen molar-refractivity contribution in [2.45, 2.75) is 6.92 Å². The maximum absolute atomic E-state index is 11.9. The SMILES string of the molecule is CCOc1ccc(-n2nc(C(=O)O)cc(Cl)c2=O)cc1. The molecule has 20 heavy (non-hydrogen) atoms. The van der Waals surface area contributed by atoms with Gasteiger partial charge >= 0.3 is 5.97 Å². The van der Waals surface area contributed by atoms with Gasteiger partial charge in [-0.3, -0.25) is 4.79 Å². The first kappa shape index (κ1) is 14.1. The molecule has 0 aliphatic rings. The molecule has 0 atom stereocenters. The Kier molecular flexibility index (Phi) is 4.05. The fraction of sp³-hybridized carbons (Fsp3) is 0.154. The zero-order valence-electron chi connectivity index (χ0n) is 10.5. The fourth-order valence-electron chi connectivity index (χ4n) is 1.59. The van der Waals surface area contributed by atoms with Gasteiger partial charge in [0.2, 0.25) is 0 Å². The largest absolute Gasteiger partial charge is 0.494 e. The third-order valence-electron chi connectivity index (χ3n) is 2.48. The van der Waals surface area contributed by atoms with Crippen molar-refractivity contribution in [1.82, 2.24) is 9.78 Å². The third kappa shape index (κ3) is 2.80. The third-order valence-corrected chi connectivity index (χ3v) is 2.75. The van der Waals surface area contributed by atoms with Gasteiger partial charge in [0.1, 0.15) is 10.8 Å². The minimum absolute atomic E-state index is 0.203. The van der Waals surface area contributed by atoms with Crippen LogP contribution in [0.5, 0.6) is 5.75 Å². The van der Waals surface area contributed by atoms with Crippen molar-refractivity contribution in [3.05, 3.63) is 51.4 Å². The zero-order chi connectivity index (χ0) is 14.7. The van der Waals surface area contributed by atoms with Crippen molar-refractivity contribution < 1.29 is 14.6 Å². The lowest BCUT2D eigenvalue weighted by molar-refractivity contribution is 0.0688. The van der Waals surface area contributed by atoms with Crippen molar-refractivity contribution in [2.24, 2.45) is 0 Å². The topological polar surface area (TPSA) is 81.4 Å². The zero-order valence-corrected chi connectivity index (χ0v) is 11.3. The van der Waals surface area contributed by atoms with E-state index in [-0.39, 0.29) is 10.7 Å². The Balaban J connectivity index is 2.51. The number of aromatic nitrogens is 2. The van der Waals surface area contributed by atoms with Crippen molar-refractivity contribution in [2.75, 3.05) is 6.61 Å². The maximum Gasteiger partial charge on any atom is 0.356 e. The van der Waals surface area contributed by atoms with Crippen LogP contribution in [0, 0.1) is 0 Å². The van der Waals surface area contributed by atoms with E-state index in [0.717, 1.165) is 10.7 Å². The van der Waals surface area contributed by atoms with Crippen molar-refractivity contribution in [3.63, 3.8) is 0 Å². The molecule has 0 fully saturated rings. The predicted molar refractivity (Wildman–Crippen MR) is 73.0 cm³/mol. The van der Waals surface area contributed by atoms with Crippen LogP contribution >= 0.6 is 11.6 Å². The Bertz CT molecular complexity index is 695. The summed E-state index contributed by atoms with van der Waals surface area (Å²) in [4.78, 5) is 22.8. The molecule has 2 aromatic rings.